The molecule has 0 amide bonds. The summed E-state index contributed by atoms with van der Waals surface area (Å²) < 4.78 is 0. The van der Waals surface area contributed by atoms with E-state index >= 15 is 0 Å². The zero-order chi connectivity index (χ0) is 10.7. The van der Waals surface area contributed by atoms with Crippen molar-refractivity contribution in [2.45, 2.75) is 20.3 Å². The van der Waals surface area contributed by atoms with E-state index in [9.17, 15) is 0 Å². The minimum absolute atomic E-state index is 1.05. The molecule has 0 saturated carbocycles. The lowest BCUT2D eigenvalue weighted by molar-refractivity contribution is 1.25. The minimum atomic E-state index is 1.05. The van der Waals surface area contributed by atoms with Crippen molar-refractivity contribution in [2.75, 3.05) is 0 Å². The monoisotopic (exact) mass is 196 g/mol. The lowest BCUT2D eigenvalue weighted by atomic mass is 9.94. The summed E-state index contributed by atoms with van der Waals surface area (Å²) in [5.41, 5.74) is 5.54. The molecule has 15 heavy (non-hydrogen) atoms. The lowest BCUT2D eigenvalue weighted by Crippen LogP contribution is -1.90. The van der Waals surface area contributed by atoms with Gasteiger partial charge in [-0.15, -0.1) is 0 Å². The van der Waals surface area contributed by atoms with Gasteiger partial charge >= 0.3 is 0 Å². The highest BCUT2D eigenvalue weighted by molar-refractivity contribution is 5.72. The van der Waals surface area contributed by atoms with Crippen LogP contribution in [0.1, 0.15) is 24.5 Å². The zero-order valence-electron chi connectivity index (χ0n) is 9.33. The number of hydrogen-bond acceptors (Lipinski definition) is 0. The molecule has 0 aliphatic heterocycles. The first-order chi connectivity index (χ1) is 7.29. The van der Waals surface area contributed by atoms with Crippen LogP contribution in [0.2, 0.25) is 0 Å². The van der Waals surface area contributed by atoms with Crippen molar-refractivity contribution in [1.29, 1.82) is 0 Å². The van der Waals surface area contributed by atoms with Gasteiger partial charge in [0.25, 0.3) is 0 Å². The first kappa shape index (κ1) is 9.97. The third-order valence-electron chi connectivity index (χ3n) is 2.91. The highest BCUT2D eigenvalue weighted by atomic mass is 14.1. The van der Waals surface area contributed by atoms with E-state index in [1.807, 2.05) is 0 Å². The molecule has 0 nitrogen and oxygen atoms in total. The van der Waals surface area contributed by atoms with Gasteiger partial charge in [0.15, 0.2) is 0 Å². The van der Waals surface area contributed by atoms with Crippen LogP contribution in [0, 0.1) is 6.92 Å². The van der Waals surface area contributed by atoms with Gasteiger partial charge in [-0.25, -0.2) is 0 Å². The van der Waals surface area contributed by atoms with Crippen LogP contribution >= 0.6 is 0 Å². The van der Waals surface area contributed by atoms with E-state index in [1.165, 1.54) is 22.3 Å². The Hall–Kier alpha value is -1.56. The Bertz CT molecular complexity index is 445. The minimum Gasteiger partial charge on any atom is -0.0801 e. The Morgan fingerprint density at radius 2 is 1.93 bits per heavy atom. The average Bonchev–Trinajstić information content (AvgIpc) is 2.30. The molecule has 0 atom stereocenters. The van der Waals surface area contributed by atoms with Gasteiger partial charge in [0.2, 0.25) is 0 Å². The van der Waals surface area contributed by atoms with Crippen LogP contribution in [0.3, 0.4) is 0 Å². The molecule has 0 N–H and O–H groups in total. The van der Waals surface area contributed by atoms with E-state index in [0.29, 0.717) is 0 Å². The van der Waals surface area contributed by atoms with Crippen molar-refractivity contribution in [3.63, 3.8) is 0 Å². The second-order valence-corrected chi connectivity index (χ2v) is 3.96. The summed E-state index contributed by atoms with van der Waals surface area (Å²) in [4.78, 5) is 0. The van der Waals surface area contributed by atoms with Gasteiger partial charge in [0.1, 0.15) is 0 Å². The topological polar surface area (TPSA) is 0 Å². The molecule has 2 rings (SSSR count). The van der Waals surface area contributed by atoms with Crippen LogP contribution in [0.25, 0.3) is 5.57 Å². The van der Waals surface area contributed by atoms with Gasteiger partial charge in [0, 0.05) is 0 Å². The van der Waals surface area contributed by atoms with Crippen LogP contribution in [0.15, 0.2) is 54.1 Å². The maximum Gasteiger partial charge on any atom is -0.00915 e. The summed E-state index contributed by atoms with van der Waals surface area (Å²) in [6.45, 7) is 4.38. The van der Waals surface area contributed by atoms with E-state index < -0.39 is 0 Å². The van der Waals surface area contributed by atoms with E-state index in [-0.39, 0.29) is 0 Å². The third kappa shape index (κ3) is 2.10. The Kier molecular flexibility index (Phi) is 2.86. The van der Waals surface area contributed by atoms with Crippen molar-refractivity contribution in [3.05, 3.63) is 65.3 Å². The maximum atomic E-state index is 2.21. The molecule has 76 valence electrons. The van der Waals surface area contributed by atoms with Gasteiger partial charge in [0.05, 0.1) is 0 Å². The van der Waals surface area contributed by atoms with E-state index in [2.05, 4.69) is 62.4 Å². The fourth-order valence-electron chi connectivity index (χ4n) is 1.96. The SMILES string of the molecule is C/C(=C1\C=CC=CC1)c1ccccc1C. The molecule has 1 aliphatic rings. The number of hydrogen-bond donors (Lipinski definition) is 0. The number of benzene rings is 1. The fraction of sp³-hybridized carbons (Fsp3) is 0.200. The smallest absolute Gasteiger partial charge is 0.00915 e. The highest BCUT2D eigenvalue weighted by Gasteiger charge is 2.04. The quantitative estimate of drug-likeness (QED) is 0.628. The molecule has 0 radical (unpaired) electrons. The molecule has 0 saturated heterocycles. The molecule has 1 aromatic carbocycles. The zero-order valence-corrected chi connectivity index (χ0v) is 9.33. The molecular formula is C15H16. The standard InChI is InChI=1S/C15H16/c1-12-8-6-7-11-15(12)13(2)14-9-4-3-5-10-14/h3-9,11H,10H2,1-2H3/b14-13-. The average molecular weight is 196 g/mol. The second kappa shape index (κ2) is 4.31. The summed E-state index contributed by atoms with van der Waals surface area (Å²) >= 11 is 0. The predicted molar refractivity (Wildman–Crippen MR) is 66.7 cm³/mol. The Morgan fingerprint density at radius 3 is 2.60 bits per heavy atom. The number of aryl methyl sites for hydroxylation is 1. The second-order valence-electron chi connectivity index (χ2n) is 3.96. The number of rotatable bonds is 1. The van der Waals surface area contributed by atoms with Gasteiger partial charge in [-0.1, -0.05) is 48.6 Å². The molecule has 0 heterocycles. The molecule has 0 unspecified atom stereocenters. The predicted octanol–water partition coefficient (Wildman–Crippen LogP) is 4.28. The maximum absolute atomic E-state index is 2.21. The Morgan fingerprint density at radius 1 is 1.13 bits per heavy atom. The van der Waals surface area contributed by atoms with Crippen LogP contribution in [0.5, 0.6) is 0 Å². The van der Waals surface area contributed by atoms with Crippen LogP contribution < -0.4 is 0 Å². The summed E-state index contributed by atoms with van der Waals surface area (Å²) in [5, 5.41) is 0. The van der Waals surface area contributed by atoms with Gasteiger partial charge in [-0.2, -0.15) is 0 Å². The van der Waals surface area contributed by atoms with Crippen LogP contribution in [0.4, 0.5) is 0 Å². The van der Waals surface area contributed by atoms with E-state index in [1.54, 1.807) is 0 Å². The van der Waals surface area contributed by atoms with Crippen molar-refractivity contribution >= 4 is 5.57 Å². The summed E-state index contributed by atoms with van der Waals surface area (Å²) in [5.74, 6) is 0. The van der Waals surface area contributed by atoms with Crippen molar-refractivity contribution < 1.29 is 0 Å². The molecule has 0 bridgehead atoms. The molecule has 1 aliphatic carbocycles. The Labute approximate surface area is 91.6 Å². The van der Waals surface area contributed by atoms with E-state index in [0.717, 1.165) is 6.42 Å². The summed E-state index contributed by atoms with van der Waals surface area (Å²) in [7, 11) is 0. The van der Waals surface area contributed by atoms with Gasteiger partial charge < -0.3 is 0 Å². The molecule has 0 spiro atoms. The molecule has 0 heteroatoms. The van der Waals surface area contributed by atoms with Gasteiger partial charge in [-0.3, -0.25) is 0 Å². The lowest BCUT2D eigenvalue weighted by Gasteiger charge is -2.11. The molecule has 1 aromatic rings. The normalized spacial score (nSPS) is 18.0. The molecule has 0 fully saturated rings. The van der Waals surface area contributed by atoms with Crippen molar-refractivity contribution in [3.8, 4) is 0 Å². The molecular weight excluding hydrogens is 180 g/mol. The number of allylic oxidation sites excluding steroid dienone is 6. The van der Waals surface area contributed by atoms with E-state index in [4.69, 9.17) is 0 Å². The van der Waals surface area contributed by atoms with Crippen molar-refractivity contribution in [2.24, 2.45) is 0 Å². The fourth-order valence-corrected chi connectivity index (χ4v) is 1.96. The summed E-state index contributed by atoms with van der Waals surface area (Å²) in [6, 6.07) is 8.56. The van der Waals surface area contributed by atoms with Gasteiger partial charge in [-0.05, 0) is 42.5 Å². The van der Waals surface area contributed by atoms with Crippen molar-refractivity contribution in [1.82, 2.24) is 0 Å². The highest BCUT2D eigenvalue weighted by Crippen LogP contribution is 2.25. The Balaban J connectivity index is 2.43. The van der Waals surface area contributed by atoms with Crippen LogP contribution in [-0.4, -0.2) is 0 Å². The summed E-state index contributed by atoms with van der Waals surface area (Å²) in [6.07, 6.45) is 9.69. The largest absolute Gasteiger partial charge is 0.0801 e. The molecule has 0 aromatic heterocycles. The van der Waals surface area contributed by atoms with Crippen LogP contribution in [-0.2, 0) is 0 Å². The first-order valence-electron chi connectivity index (χ1n) is 5.38. The third-order valence-corrected chi connectivity index (χ3v) is 2.91. The first-order valence-corrected chi connectivity index (χ1v) is 5.38.